The standard InChI is InChI=1S/C10H20N2O3/c1-4-8(9(13)14)7-11-10(15)12(5-2)6-3/h8H,4-7H2,1-3H3,(H,11,15)(H,13,14). The average molecular weight is 216 g/mol. The number of nitrogens with zero attached hydrogens (tertiary/aromatic N) is 1. The summed E-state index contributed by atoms with van der Waals surface area (Å²) in [5.41, 5.74) is 0. The fraction of sp³-hybridized carbons (Fsp3) is 0.800. The fourth-order valence-corrected chi connectivity index (χ4v) is 1.24. The zero-order chi connectivity index (χ0) is 11.8. The van der Waals surface area contributed by atoms with Gasteiger partial charge in [-0.05, 0) is 20.3 Å². The van der Waals surface area contributed by atoms with E-state index < -0.39 is 11.9 Å². The summed E-state index contributed by atoms with van der Waals surface area (Å²) in [5.74, 6) is -1.36. The number of amides is 2. The molecule has 0 rings (SSSR count). The number of rotatable bonds is 6. The molecule has 0 aliphatic carbocycles. The molecule has 1 unspecified atom stereocenters. The summed E-state index contributed by atoms with van der Waals surface area (Å²) in [6.45, 7) is 7.02. The molecule has 0 aliphatic heterocycles. The Morgan fingerprint density at radius 3 is 2.13 bits per heavy atom. The van der Waals surface area contributed by atoms with Gasteiger partial charge in [0.15, 0.2) is 0 Å². The van der Waals surface area contributed by atoms with Crippen LogP contribution in [-0.2, 0) is 4.79 Å². The molecule has 0 aromatic rings. The van der Waals surface area contributed by atoms with E-state index in [0.717, 1.165) is 0 Å². The molecule has 15 heavy (non-hydrogen) atoms. The van der Waals surface area contributed by atoms with Gasteiger partial charge in [0.05, 0.1) is 5.92 Å². The van der Waals surface area contributed by atoms with Crippen LogP contribution in [0.15, 0.2) is 0 Å². The minimum Gasteiger partial charge on any atom is -0.481 e. The first-order chi connectivity index (χ1) is 7.06. The Hall–Kier alpha value is -1.26. The second-order valence-corrected chi connectivity index (χ2v) is 3.30. The van der Waals surface area contributed by atoms with Gasteiger partial charge in [-0.1, -0.05) is 6.92 Å². The Morgan fingerprint density at radius 2 is 1.80 bits per heavy atom. The van der Waals surface area contributed by atoms with E-state index in [1.165, 1.54) is 0 Å². The van der Waals surface area contributed by atoms with Crippen molar-refractivity contribution in [3.63, 3.8) is 0 Å². The monoisotopic (exact) mass is 216 g/mol. The van der Waals surface area contributed by atoms with Gasteiger partial charge < -0.3 is 15.3 Å². The molecular weight excluding hydrogens is 196 g/mol. The first-order valence-corrected chi connectivity index (χ1v) is 5.32. The number of nitrogens with one attached hydrogen (secondary N) is 1. The van der Waals surface area contributed by atoms with Crippen LogP contribution in [0.1, 0.15) is 27.2 Å². The highest BCUT2D eigenvalue weighted by atomic mass is 16.4. The van der Waals surface area contributed by atoms with Gasteiger partial charge in [0.2, 0.25) is 0 Å². The summed E-state index contributed by atoms with van der Waals surface area (Å²) >= 11 is 0. The fourth-order valence-electron chi connectivity index (χ4n) is 1.24. The van der Waals surface area contributed by atoms with Crippen molar-refractivity contribution < 1.29 is 14.7 Å². The normalized spacial score (nSPS) is 11.9. The van der Waals surface area contributed by atoms with Gasteiger partial charge in [-0.3, -0.25) is 4.79 Å². The van der Waals surface area contributed by atoms with Crippen LogP contribution in [0.3, 0.4) is 0 Å². The van der Waals surface area contributed by atoms with E-state index in [2.05, 4.69) is 5.32 Å². The molecule has 0 saturated carbocycles. The van der Waals surface area contributed by atoms with Crippen molar-refractivity contribution in [2.24, 2.45) is 5.92 Å². The summed E-state index contributed by atoms with van der Waals surface area (Å²) in [5, 5.41) is 11.4. The van der Waals surface area contributed by atoms with Gasteiger partial charge in [-0.25, -0.2) is 4.79 Å². The van der Waals surface area contributed by atoms with Crippen molar-refractivity contribution in [1.82, 2.24) is 10.2 Å². The Labute approximate surface area is 90.5 Å². The Balaban J connectivity index is 4.02. The van der Waals surface area contributed by atoms with Crippen molar-refractivity contribution in [2.45, 2.75) is 27.2 Å². The quantitative estimate of drug-likeness (QED) is 0.699. The molecule has 0 fully saturated rings. The van der Waals surface area contributed by atoms with Gasteiger partial charge in [0.25, 0.3) is 0 Å². The van der Waals surface area contributed by atoms with Gasteiger partial charge in [-0.2, -0.15) is 0 Å². The van der Waals surface area contributed by atoms with E-state index in [-0.39, 0.29) is 12.6 Å². The molecule has 0 aromatic carbocycles. The van der Waals surface area contributed by atoms with Gasteiger partial charge in [-0.15, -0.1) is 0 Å². The first kappa shape index (κ1) is 13.7. The largest absolute Gasteiger partial charge is 0.481 e. The van der Waals surface area contributed by atoms with Crippen LogP contribution in [0.4, 0.5) is 4.79 Å². The molecule has 2 amide bonds. The summed E-state index contributed by atoms with van der Waals surface area (Å²) in [6.07, 6.45) is 0.522. The second-order valence-electron chi connectivity index (χ2n) is 3.30. The zero-order valence-corrected chi connectivity index (χ0v) is 9.62. The van der Waals surface area contributed by atoms with Gasteiger partial charge in [0.1, 0.15) is 0 Å². The molecule has 5 heteroatoms. The minimum absolute atomic E-state index is 0.195. The Kier molecular flexibility index (Phi) is 6.49. The van der Waals surface area contributed by atoms with E-state index in [0.29, 0.717) is 19.5 Å². The van der Waals surface area contributed by atoms with Crippen LogP contribution in [0.25, 0.3) is 0 Å². The lowest BCUT2D eigenvalue weighted by atomic mass is 10.1. The number of hydrogen-bond acceptors (Lipinski definition) is 2. The van der Waals surface area contributed by atoms with Crippen molar-refractivity contribution in [1.29, 1.82) is 0 Å². The number of carboxylic acids is 1. The summed E-state index contributed by atoms with van der Waals surface area (Å²) < 4.78 is 0. The highest BCUT2D eigenvalue weighted by Crippen LogP contribution is 2.00. The molecule has 88 valence electrons. The predicted octanol–water partition coefficient (Wildman–Crippen LogP) is 1.15. The zero-order valence-electron chi connectivity index (χ0n) is 9.62. The molecule has 0 spiro atoms. The molecule has 1 atom stereocenters. The third-order valence-electron chi connectivity index (χ3n) is 2.39. The van der Waals surface area contributed by atoms with Crippen molar-refractivity contribution in [3.05, 3.63) is 0 Å². The average Bonchev–Trinajstić information content (AvgIpc) is 2.20. The number of urea groups is 1. The number of hydrogen-bond donors (Lipinski definition) is 2. The number of carbonyl (C=O) groups is 2. The molecule has 2 N–H and O–H groups in total. The number of aliphatic carboxylic acids is 1. The summed E-state index contributed by atoms with van der Waals surface area (Å²) in [4.78, 5) is 23.8. The van der Waals surface area contributed by atoms with Gasteiger partial charge >= 0.3 is 12.0 Å². The van der Waals surface area contributed by atoms with Crippen LogP contribution in [-0.4, -0.2) is 41.6 Å². The maximum Gasteiger partial charge on any atom is 0.317 e. The van der Waals surface area contributed by atoms with Crippen molar-refractivity contribution >= 4 is 12.0 Å². The molecule has 0 aromatic heterocycles. The molecule has 0 aliphatic rings. The maximum atomic E-state index is 11.5. The minimum atomic E-state index is -0.864. The first-order valence-electron chi connectivity index (χ1n) is 5.32. The molecule has 0 bridgehead atoms. The van der Waals surface area contributed by atoms with Crippen LogP contribution in [0.5, 0.6) is 0 Å². The number of carbonyl (C=O) groups excluding carboxylic acids is 1. The van der Waals surface area contributed by atoms with E-state index in [1.807, 2.05) is 13.8 Å². The molecule has 0 saturated heterocycles. The highest BCUT2D eigenvalue weighted by molar-refractivity contribution is 5.75. The van der Waals surface area contributed by atoms with E-state index in [1.54, 1.807) is 11.8 Å². The Morgan fingerprint density at radius 1 is 1.27 bits per heavy atom. The van der Waals surface area contributed by atoms with Crippen LogP contribution >= 0.6 is 0 Å². The lowest BCUT2D eigenvalue weighted by Gasteiger charge is -2.20. The van der Waals surface area contributed by atoms with Crippen molar-refractivity contribution in [2.75, 3.05) is 19.6 Å². The smallest absolute Gasteiger partial charge is 0.317 e. The third kappa shape index (κ3) is 4.67. The van der Waals surface area contributed by atoms with Crippen LogP contribution < -0.4 is 5.32 Å². The van der Waals surface area contributed by atoms with Crippen molar-refractivity contribution in [3.8, 4) is 0 Å². The SMILES string of the molecule is CCC(CNC(=O)N(CC)CC)C(=O)O. The van der Waals surface area contributed by atoms with E-state index in [9.17, 15) is 9.59 Å². The topological polar surface area (TPSA) is 69.6 Å². The summed E-state index contributed by atoms with van der Waals surface area (Å²) in [7, 11) is 0. The molecule has 5 nitrogen and oxygen atoms in total. The van der Waals surface area contributed by atoms with E-state index in [4.69, 9.17) is 5.11 Å². The second kappa shape index (κ2) is 7.09. The van der Waals surface area contributed by atoms with E-state index >= 15 is 0 Å². The third-order valence-corrected chi connectivity index (χ3v) is 2.39. The lowest BCUT2D eigenvalue weighted by Crippen LogP contribution is -2.42. The molecular formula is C10H20N2O3. The summed E-state index contributed by atoms with van der Waals surface area (Å²) in [6, 6.07) is -0.195. The van der Waals surface area contributed by atoms with Crippen LogP contribution in [0, 0.1) is 5.92 Å². The highest BCUT2D eigenvalue weighted by Gasteiger charge is 2.17. The molecule has 0 radical (unpaired) electrons. The lowest BCUT2D eigenvalue weighted by molar-refractivity contribution is -0.141. The maximum absolute atomic E-state index is 11.5. The Bertz CT molecular complexity index is 215. The van der Waals surface area contributed by atoms with Gasteiger partial charge in [0, 0.05) is 19.6 Å². The molecule has 0 heterocycles. The van der Waals surface area contributed by atoms with Crippen LogP contribution in [0.2, 0.25) is 0 Å². The predicted molar refractivity (Wildman–Crippen MR) is 57.7 cm³/mol. The number of carboxylic acid groups (broad SMARTS) is 1.